The zero-order valence-electron chi connectivity index (χ0n) is 14.6. The molecule has 2 aromatic rings. The van der Waals surface area contributed by atoms with E-state index in [1.165, 1.54) is 5.56 Å². The number of nitrogens with zero attached hydrogens (tertiary/aromatic N) is 1. The van der Waals surface area contributed by atoms with Gasteiger partial charge in [-0.05, 0) is 55.7 Å². The summed E-state index contributed by atoms with van der Waals surface area (Å²) < 4.78 is 10.8. The van der Waals surface area contributed by atoms with Crippen LogP contribution in [0.25, 0.3) is 0 Å². The maximum atomic E-state index is 12.9. The van der Waals surface area contributed by atoms with Gasteiger partial charge < -0.3 is 14.4 Å². The molecule has 1 heterocycles. The summed E-state index contributed by atoms with van der Waals surface area (Å²) in [6.07, 6.45) is 0.813. The van der Waals surface area contributed by atoms with Crippen molar-refractivity contribution < 1.29 is 14.3 Å². The fourth-order valence-corrected chi connectivity index (χ4v) is 3.20. The van der Waals surface area contributed by atoms with E-state index >= 15 is 0 Å². The van der Waals surface area contributed by atoms with E-state index in [-0.39, 0.29) is 11.9 Å². The van der Waals surface area contributed by atoms with Crippen LogP contribution in [-0.2, 0) is 13.0 Å². The van der Waals surface area contributed by atoms with Gasteiger partial charge in [0.1, 0.15) is 0 Å². The van der Waals surface area contributed by atoms with Gasteiger partial charge in [0.15, 0.2) is 11.5 Å². The van der Waals surface area contributed by atoms with Crippen LogP contribution in [0.2, 0.25) is 0 Å². The van der Waals surface area contributed by atoms with Crippen molar-refractivity contribution in [3.05, 3.63) is 58.7 Å². The van der Waals surface area contributed by atoms with Gasteiger partial charge in [0.2, 0.25) is 0 Å². The van der Waals surface area contributed by atoms with E-state index < -0.39 is 0 Å². The number of carbonyl (C=O) groups is 1. The average molecular weight is 325 g/mol. The Balaban J connectivity index is 1.91. The number of benzene rings is 2. The molecule has 1 atom stereocenters. The van der Waals surface area contributed by atoms with Crippen LogP contribution in [0.4, 0.5) is 0 Å². The monoisotopic (exact) mass is 325 g/mol. The van der Waals surface area contributed by atoms with Crippen molar-refractivity contribution >= 4 is 5.91 Å². The van der Waals surface area contributed by atoms with Crippen LogP contribution in [0.15, 0.2) is 36.4 Å². The topological polar surface area (TPSA) is 38.8 Å². The molecule has 0 radical (unpaired) electrons. The lowest BCUT2D eigenvalue weighted by Crippen LogP contribution is -2.42. The van der Waals surface area contributed by atoms with Gasteiger partial charge in [-0.2, -0.15) is 0 Å². The van der Waals surface area contributed by atoms with Gasteiger partial charge in [-0.3, -0.25) is 4.79 Å². The molecule has 4 nitrogen and oxygen atoms in total. The number of hydrogen-bond donors (Lipinski definition) is 0. The van der Waals surface area contributed by atoms with Gasteiger partial charge >= 0.3 is 0 Å². The lowest BCUT2D eigenvalue weighted by molar-refractivity contribution is 0.0658. The molecule has 0 saturated carbocycles. The molecule has 1 unspecified atom stereocenters. The van der Waals surface area contributed by atoms with Crippen molar-refractivity contribution in [3.63, 3.8) is 0 Å². The molecule has 0 N–H and O–H groups in total. The molecular weight excluding hydrogens is 302 g/mol. The average Bonchev–Trinajstić information content (AvgIpc) is 2.60. The summed E-state index contributed by atoms with van der Waals surface area (Å²) in [4.78, 5) is 14.8. The van der Waals surface area contributed by atoms with Crippen LogP contribution >= 0.6 is 0 Å². The number of ether oxygens (including phenoxy) is 2. The number of methoxy groups -OCH3 is 2. The van der Waals surface area contributed by atoms with E-state index in [1.807, 2.05) is 48.2 Å². The maximum Gasteiger partial charge on any atom is 0.254 e. The molecule has 0 saturated heterocycles. The van der Waals surface area contributed by atoms with E-state index in [1.54, 1.807) is 14.2 Å². The van der Waals surface area contributed by atoms with Crippen LogP contribution in [0.3, 0.4) is 0 Å². The lowest BCUT2D eigenvalue weighted by atomic mass is 9.93. The van der Waals surface area contributed by atoms with Crippen LogP contribution in [-0.4, -0.2) is 31.1 Å². The summed E-state index contributed by atoms with van der Waals surface area (Å²) in [7, 11) is 3.27. The first-order chi connectivity index (χ1) is 11.5. The smallest absolute Gasteiger partial charge is 0.254 e. The van der Waals surface area contributed by atoms with Gasteiger partial charge in [0, 0.05) is 18.2 Å². The molecular formula is C20H23NO3. The summed E-state index contributed by atoms with van der Waals surface area (Å²) in [5.41, 5.74) is 4.22. The number of aryl methyl sites for hydroxylation is 1. The SMILES string of the molecule is COc1cc2c(cc1OC)CN(C(=O)c1ccc(C)cc1)C(C)C2. The van der Waals surface area contributed by atoms with Gasteiger partial charge in [-0.15, -0.1) is 0 Å². The first-order valence-corrected chi connectivity index (χ1v) is 8.15. The fourth-order valence-electron chi connectivity index (χ4n) is 3.20. The van der Waals surface area contributed by atoms with Crippen molar-refractivity contribution in [2.24, 2.45) is 0 Å². The van der Waals surface area contributed by atoms with Gasteiger partial charge in [-0.25, -0.2) is 0 Å². The van der Waals surface area contributed by atoms with E-state index in [2.05, 4.69) is 6.92 Å². The number of carbonyl (C=O) groups excluding carboxylic acids is 1. The molecule has 1 aliphatic rings. The minimum atomic E-state index is 0.0722. The van der Waals surface area contributed by atoms with E-state index in [4.69, 9.17) is 9.47 Å². The zero-order valence-corrected chi connectivity index (χ0v) is 14.6. The Bertz CT molecular complexity index is 752. The summed E-state index contributed by atoms with van der Waals surface area (Å²) >= 11 is 0. The highest BCUT2D eigenvalue weighted by molar-refractivity contribution is 5.94. The predicted octanol–water partition coefficient (Wildman–Crippen LogP) is 3.60. The second-order valence-corrected chi connectivity index (χ2v) is 6.33. The molecule has 126 valence electrons. The third kappa shape index (κ3) is 2.96. The van der Waals surface area contributed by atoms with E-state index in [9.17, 15) is 4.79 Å². The molecule has 2 aromatic carbocycles. The predicted molar refractivity (Wildman–Crippen MR) is 93.8 cm³/mol. The third-order valence-corrected chi connectivity index (χ3v) is 4.65. The Morgan fingerprint density at radius 3 is 2.21 bits per heavy atom. The lowest BCUT2D eigenvalue weighted by Gasteiger charge is -2.35. The minimum absolute atomic E-state index is 0.0722. The molecule has 0 spiro atoms. The first kappa shape index (κ1) is 16.4. The van der Waals surface area contributed by atoms with Crippen LogP contribution in [0.1, 0.15) is 34.0 Å². The summed E-state index contributed by atoms with van der Waals surface area (Å²) in [6, 6.07) is 11.9. The zero-order chi connectivity index (χ0) is 17.3. The van der Waals surface area contributed by atoms with Crippen LogP contribution in [0, 0.1) is 6.92 Å². The molecule has 1 aliphatic heterocycles. The van der Waals surface area contributed by atoms with Crippen molar-refractivity contribution in [1.82, 2.24) is 4.90 Å². The molecule has 0 aromatic heterocycles. The van der Waals surface area contributed by atoms with Gasteiger partial charge in [0.05, 0.1) is 14.2 Å². The number of fused-ring (bicyclic) bond motifs is 1. The minimum Gasteiger partial charge on any atom is -0.493 e. The van der Waals surface area contributed by atoms with Crippen molar-refractivity contribution in [2.45, 2.75) is 32.9 Å². The Labute approximate surface area is 143 Å². The maximum absolute atomic E-state index is 12.9. The fraction of sp³-hybridized carbons (Fsp3) is 0.350. The number of hydrogen-bond acceptors (Lipinski definition) is 3. The van der Waals surface area contributed by atoms with Gasteiger partial charge in [0.25, 0.3) is 5.91 Å². The Kier molecular flexibility index (Phi) is 4.47. The van der Waals surface area contributed by atoms with Gasteiger partial charge in [-0.1, -0.05) is 17.7 Å². The molecule has 0 fully saturated rings. The van der Waals surface area contributed by atoms with E-state index in [0.717, 1.165) is 28.9 Å². The second kappa shape index (κ2) is 6.56. The Morgan fingerprint density at radius 1 is 1.04 bits per heavy atom. The third-order valence-electron chi connectivity index (χ3n) is 4.65. The normalized spacial score (nSPS) is 16.5. The number of rotatable bonds is 3. The summed E-state index contributed by atoms with van der Waals surface area (Å²) in [5.74, 6) is 1.51. The quantitative estimate of drug-likeness (QED) is 0.865. The Hall–Kier alpha value is -2.49. The van der Waals surface area contributed by atoms with Crippen molar-refractivity contribution in [2.75, 3.05) is 14.2 Å². The molecule has 4 heteroatoms. The summed E-state index contributed by atoms with van der Waals surface area (Å²) in [5, 5.41) is 0. The van der Waals surface area contributed by atoms with Crippen molar-refractivity contribution in [3.8, 4) is 11.5 Å². The Morgan fingerprint density at radius 2 is 1.62 bits per heavy atom. The molecule has 3 rings (SSSR count). The molecule has 24 heavy (non-hydrogen) atoms. The number of amides is 1. The van der Waals surface area contributed by atoms with Crippen LogP contribution in [0.5, 0.6) is 11.5 Å². The largest absolute Gasteiger partial charge is 0.493 e. The highest BCUT2D eigenvalue weighted by Gasteiger charge is 2.28. The van der Waals surface area contributed by atoms with Crippen LogP contribution < -0.4 is 9.47 Å². The highest BCUT2D eigenvalue weighted by Crippen LogP contribution is 2.35. The first-order valence-electron chi connectivity index (χ1n) is 8.15. The van der Waals surface area contributed by atoms with Crippen molar-refractivity contribution in [1.29, 1.82) is 0 Å². The highest BCUT2D eigenvalue weighted by atomic mass is 16.5. The molecule has 0 aliphatic carbocycles. The van der Waals surface area contributed by atoms with E-state index in [0.29, 0.717) is 12.3 Å². The molecule has 0 bridgehead atoms. The molecule has 1 amide bonds. The summed E-state index contributed by atoms with van der Waals surface area (Å²) in [6.45, 7) is 4.70. The standard InChI is InChI=1S/C20H23NO3/c1-13-5-7-15(8-6-13)20(22)21-12-17-11-19(24-4)18(23-3)10-16(17)9-14(21)2/h5-8,10-11,14H,9,12H2,1-4H3. The second-order valence-electron chi connectivity index (χ2n) is 6.33.